The minimum Gasteiger partial charge on any atom is -0.349 e. The van der Waals surface area contributed by atoms with Crippen LogP contribution in [0.4, 0.5) is 0 Å². The van der Waals surface area contributed by atoms with Crippen molar-refractivity contribution in [2.75, 3.05) is 0 Å². The third-order valence-electron chi connectivity index (χ3n) is 7.00. The Kier molecular flexibility index (Phi) is 6.01. The van der Waals surface area contributed by atoms with Gasteiger partial charge in [-0.2, -0.15) is 0 Å². The van der Waals surface area contributed by atoms with Gasteiger partial charge in [0.2, 0.25) is 5.91 Å². The monoisotopic (exact) mass is 478 g/mol. The molecule has 0 unspecified atom stereocenters. The largest absolute Gasteiger partial charge is 0.349 e. The fraction of sp³-hybridized carbons (Fsp3) is 0.300. The third kappa shape index (κ3) is 4.89. The number of aromatic nitrogens is 2. The van der Waals surface area contributed by atoms with Gasteiger partial charge in [-0.3, -0.25) is 14.2 Å². The van der Waals surface area contributed by atoms with Gasteiger partial charge in [-0.15, -0.1) is 0 Å². The van der Waals surface area contributed by atoms with Gasteiger partial charge in [0.1, 0.15) is 5.82 Å². The quantitative estimate of drug-likeness (QED) is 0.366. The van der Waals surface area contributed by atoms with Gasteiger partial charge in [-0.1, -0.05) is 42.5 Å². The molecular formula is C30H30N4O2. The van der Waals surface area contributed by atoms with Crippen molar-refractivity contribution < 1.29 is 9.59 Å². The van der Waals surface area contributed by atoms with E-state index in [9.17, 15) is 9.59 Å². The summed E-state index contributed by atoms with van der Waals surface area (Å²) in [7, 11) is 0. The van der Waals surface area contributed by atoms with Crippen molar-refractivity contribution in [1.82, 2.24) is 19.8 Å². The molecule has 0 spiro atoms. The fourth-order valence-corrected chi connectivity index (χ4v) is 4.73. The third-order valence-corrected chi connectivity index (χ3v) is 7.00. The lowest BCUT2D eigenvalue weighted by Gasteiger charge is -2.23. The van der Waals surface area contributed by atoms with Crippen molar-refractivity contribution in [2.45, 2.75) is 57.2 Å². The normalized spacial score (nSPS) is 15.1. The number of aryl methyl sites for hydroxylation is 1. The first-order valence-electron chi connectivity index (χ1n) is 12.9. The minimum atomic E-state index is -0.0134. The van der Waals surface area contributed by atoms with Gasteiger partial charge in [0, 0.05) is 42.7 Å². The molecule has 6 heteroatoms. The zero-order chi connectivity index (χ0) is 24.5. The van der Waals surface area contributed by atoms with Gasteiger partial charge in [0.25, 0.3) is 5.91 Å². The van der Waals surface area contributed by atoms with E-state index in [0.717, 1.165) is 53.8 Å². The first-order chi connectivity index (χ1) is 17.7. The van der Waals surface area contributed by atoms with Crippen molar-refractivity contribution in [3.8, 4) is 5.69 Å². The molecule has 0 aliphatic heterocycles. The molecule has 6 nitrogen and oxygen atoms in total. The molecule has 0 bridgehead atoms. The lowest BCUT2D eigenvalue weighted by atomic mass is 10.1. The molecule has 2 fully saturated rings. The van der Waals surface area contributed by atoms with Gasteiger partial charge < -0.3 is 10.2 Å². The number of carbonyl (C=O) groups is 2. The Morgan fingerprint density at radius 1 is 0.889 bits per heavy atom. The average Bonchev–Trinajstić information content (AvgIpc) is 3.85. The molecule has 1 aromatic heterocycles. The van der Waals surface area contributed by atoms with Crippen molar-refractivity contribution in [1.29, 1.82) is 0 Å². The van der Waals surface area contributed by atoms with Crippen molar-refractivity contribution in [3.05, 3.63) is 95.8 Å². The Bertz CT molecular complexity index is 1390. The summed E-state index contributed by atoms with van der Waals surface area (Å²) in [5.74, 6) is 1.04. The number of amides is 2. The van der Waals surface area contributed by atoms with Crippen LogP contribution < -0.4 is 5.32 Å². The number of para-hydroxylation sites is 3. The van der Waals surface area contributed by atoms with Crippen molar-refractivity contribution in [2.24, 2.45) is 0 Å². The first kappa shape index (κ1) is 22.5. The fourth-order valence-electron chi connectivity index (χ4n) is 4.73. The maximum Gasteiger partial charge on any atom is 0.251 e. The first-order valence-corrected chi connectivity index (χ1v) is 12.9. The Morgan fingerprint density at radius 3 is 2.33 bits per heavy atom. The second-order valence-corrected chi connectivity index (χ2v) is 9.89. The number of fused-ring (bicyclic) bond motifs is 1. The van der Waals surface area contributed by atoms with E-state index in [2.05, 4.69) is 28.1 Å². The molecule has 4 aromatic rings. The summed E-state index contributed by atoms with van der Waals surface area (Å²) in [6.07, 6.45) is 5.24. The molecule has 1 N–H and O–H groups in total. The Morgan fingerprint density at radius 2 is 1.61 bits per heavy atom. The number of imidazole rings is 1. The summed E-state index contributed by atoms with van der Waals surface area (Å²) in [6, 6.07) is 26.6. The zero-order valence-corrected chi connectivity index (χ0v) is 20.3. The molecule has 6 rings (SSSR count). The lowest BCUT2D eigenvalue weighted by molar-refractivity contribution is -0.132. The van der Waals surface area contributed by atoms with Crippen LogP contribution in [-0.2, 0) is 17.8 Å². The smallest absolute Gasteiger partial charge is 0.251 e. The average molecular weight is 479 g/mol. The van der Waals surface area contributed by atoms with Crippen LogP contribution in [0.15, 0.2) is 78.9 Å². The van der Waals surface area contributed by atoms with E-state index in [1.807, 2.05) is 65.6 Å². The Balaban J connectivity index is 1.16. The summed E-state index contributed by atoms with van der Waals surface area (Å²) in [5, 5.41) is 3.02. The standard InChI is InChI=1S/C30H30N4O2/c35-29(19-18-28-32-26-8-4-5-9-27(26)34(28)25-6-2-1-3-7-25)33(24-16-17-24)20-21-10-12-22(13-11-21)30(36)31-23-14-15-23/h1-13,23-24H,14-20H2,(H,31,36). The number of benzene rings is 3. The van der Waals surface area contributed by atoms with Crippen LogP contribution in [0.5, 0.6) is 0 Å². The van der Waals surface area contributed by atoms with Crippen LogP contribution in [0, 0.1) is 0 Å². The van der Waals surface area contributed by atoms with E-state index in [1.165, 1.54) is 0 Å². The molecule has 3 aromatic carbocycles. The highest BCUT2D eigenvalue weighted by molar-refractivity contribution is 5.94. The zero-order valence-electron chi connectivity index (χ0n) is 20.3. The van der Waals surface area contributed by atoms with E-state index in [1.54, 1.807) is 0 Å². The number of rotatable bonds is 9. The van der Waals surface area contributed by atoms with E-state index >= 15 is 0 Å². The van der Waals surface area contributed by atoms with Gasteiger partial charge in [-0.05, 0) is 67.6 Å². The van der Waals surface area contributed by atoms with E-state index in [-0.39, 0.29) is 11.8 Å². The van der Waals surface area contributed by atoms with Crippen molar-refractivity contribution in [3.63, 3.8) is 0 Å². The molecule has 2 saturated carbocycles. The van der Waals surface area contributed by atoms with E-state index in [4.69, 9.17) is 4.98 Å². The van der Waals surface area contributed by atoms with E-state index < -0.39 is 0 Å². The van der Waals surface area contributed by atoms with Crippen LogP contribution >= 0.6 is 0 Å². The molecule has 36 heavy (non-hydrogen) atoms. The summed E-state index contributed by atoms with van der Waals surface area (Å²) >= 11 is 0. The minimum absolute atomic E-state index is 0.0134. The van der Waals surface area contributed by atoms with Crippen LogP contribution in [-0.4, -0.2) is 38.3 Å². The number of nitrogens with one attached hydrogen (secondary N) is 1. The topological polar surface area (TPSA) is 67.2 Å². The molecular weight excluding hydrogens is 448 g/mol. The van der Waals surface area contributed by atoms with Crippen LogP contribution in [0.25, 0.3) is 16.7 Å². The maximum atomic E-state index is 13.4. The molecule has 0 saturated heterocycles. The Hall–Kier alpha value is -3.93. The van der Waals surface area contributed by atoms with Crippen LogP contribution in [0.3, 0.4) is 0 Å². The second-order valence-electron chi connectivity index (χ2n) is 9.89. The highest BCUT2D eigenvalue weighted by Crippen LogP contribution is 2.30. The summed E-state index contributed by atoms with van der Waals surface area (Å²) in [5.41, 5.74) is 4.77. The summed E-state index contributed by atoms with van der Waals surface area (Å²) in [6.45, 7) is 0.573. The van der Waals surface area contributed by atoms with Crippen LogP contribution in [0.1, 0.15) is 53.8 Å². The summed E-state index contributed by atoms with van der Waals surface area (Å²) in [4.78, 5) is 32.6. The van der Waals surface area contributed by atoms with E-state index in [0.29, 0.717) is 37.0 Å². The highest BCUT2D eigenvalue weighted by atomic mass is 16.2. The predicted molar refractivity (Wildman–Crippen MR) is 140 cm³/mol. The second kappa shape index (κ2) is 9.61. The van der Waals surface area contributed by atoms with Gasteiger partial charge in [0.15, 0.2) is 0 Å². The van der Waals surface area contributed by atoms with Crippen LogP contribution in [0.2, 0.25) is 0 Å². The molecule has 182 valence electrons. The number of carbonyl (C=O) groups excluding carboxylic acids is 2. The number of hydrogen-bond donors (Lipinski definition) is 1. The molecule has 2 aliphatic carbocycles. The van der Waals surface area contributed by atoms with Gasteiger partial charge in [-0.25, -0.2) is 4.98 Å². The highest BCUT2D eigenvalue weighted by Gasteiger charge is 2.32. The Labute approximate surface area is 211 Å². The SMILES string of the molecule is O=C(NC1CC1)c1ccc(CN(C(=O)CCc2nc3ccccc3n2-c2ccccc2)C2CC2)cc1. The predicted octanol–water partition coefficient (Wildman–Crippen LogP) is 5.04. The van der Waals surface area contributed by atoms with Crippen molar-refractivity contribution >= 4 is 22.8 Å². The molecule has 0 radical (unpaired) electrons. The molecule has 2 amide bonds. The number of hydrogen-bond acceptors (Lipinski definition) is 3. The van der Waals surface area contributed by atoms with Gasteiger partial charge >= 0.3 is 0 Å². The molecule has 0 atom stereocenters. The van der Waals surface area contributed by atoms with Gasteiger partial charge in [0.05, 0.1) is 11.0 Å². The maximum absolute atomic E-state index is 13.4. The number of nitrogens with zero attached hydrogens (tertiary/aromatic N) is 3. The lowest BCUT2D eigenvalue weighted by Crippen LogP contribution is -2.33. The molecule has 1 heterocycles. The summed E-state index contributed by atoms with van der Waals surface area (Å²) < 4.78 is 2.16. The molecule has 2 aliphatic rings.